The van der Waals surface area contributed by atoms with Crippen molar-refractivity contribution in [2.45, 2.75) is 20.4 Å². The van der Waals surface area contributed by atoms with Crippen molar-refractivity contribution in [3.63, 3.8) is 0 Å². The standard InChI is InChI=1S/C23H22FN3O/c1-16-23(17(2)28-26-16)19-11-22(25-21-10-6-9-20(24)12-21)15-27(14-19)13-18-7-4-3-5-8-18/h3-12,14,25H,13,15H2,1-2H3. The number of hydrogen-bond acceptors (Lipinski definition) is 4. The summed E-state index contributed by atoms with van der Waals surface area (Å²) in [5, 5.41) is 7.44. The maximum Gasteiger partial charge on any atom is 0.141 e. The van der Waals surface area contributed by atoms with Gasteiger partial charge in [-0.15, -0.1) is 0 Å². The van der Waals surface area contributed by atoms with Crippen LogP contribution in [0.25, 0.3) is 5.57 Å². The third-order valence-electron chi connectivity index (χ3n) is 4.70. The highest BCUT2D eigenvalue weighted by molar-refractivity contribution is 5.78. The van der Waals surface area contributed by atoms with E-state index in [0.29, 0.717) is 6.54 Å². The number of nitrogens with zero attached hydrogens (tertiary/aromatic N) is 2. The molecule has 1 aliphatic heterocycles. The molecule has 0 saturated carbocycles. The number of halogens is 1. The van der Waals surface area contributed by atoms with Crippen LogP contribution in [0.15, 0.2) is 77.1 Å². The lowest BCUT2D eigenvalue weighted by atomic mass is 10.0. The molecule has 142 valence electrons. The van der Waals surface area contributed by atoms with Crippen molar-refractivity contribution in [1.82, 2.24) is 10.1 Å². The van der Waals surface area contributed by atoms with E-state index in [0.717, 1.165) is 40.5 Å². The van der Waals surface area contributed by atoms with Crippen LogP contribution in [0.1, 0.15) is 22.6 Å². The Balaban J connectivity index is 1.66. The SMILES string of the molecule is Cc1noc(C)c1C1=CN(Cc2ccccc2)CC(Nc2cccc(F)c2)=C1. The molecule has 0 aliphatic carbocycles. The zero-order valence-electron chi connectivity index (χ0n) is 15.9. The second-order valence-electron chi connectivity index (χ2n) is 6.98. The Kier molecular flexibility index (Phi) is 4.98. The van der Waals surface area contributed by atoms with Gasteiger partial charge in [0.15, 0.2) is 0 Å². The van der Waals surface area contributed by atoms with Crippen molar-refractivity contribution >= 4 is 11.3 Å². The zero-order valence-corrected chi connectivity index (χ0v) is 15.9. The van der Waals surface area contributed by atoms with Crippen LogP contribution in [0.4, 0.5) is 10.1 Å². The summed E-state index contributed by atoms with van der Waals surface area (Å²) < 4.78 is 19.0. The second kappa shape index (κ2) is 7.72. The number of allylic oxidation sites excluding steroid dienone is 2. The summed E-state index contributed by atoms with van der Waals surface area (Å²) in [4.78, 5) is 2.23. The van der Waals surface area contributed by atoms with Crippen molar-refractivity contribution in [3.8, 4) is 0 Å². The summed E-state index contributed by atoms with van der Waals surface area (Å²) >= 11 is 0. The van der Waals surface area contributed by atoms with Crippen LogP contribution in [-0.2, 0) is 6.54 Å². The quantitative estimate of drug-likeness (QED) is 0.658. The van der Waals surface area contributed by atoms with Gasteiger partial charge in [-0.3, -0.25) is 0 Å². The highest BCUT2D eigenvalue weighted by Crippen LogP contribution is 2.29. The van der Waals surface area contributed by atoms with Crippen LogP contribution in [0.2, 0.25) is 0 Å². The fourth-order valence-electron chi connectivity index (χ4n) is 3.51. The molecule has 0 unspecified atom stereocenters. The van der Waals surface area contributed by atoms with Gasteiger partial charge < -0.3 is 14.7 Å². The molecule has 2 aromatic carbocycles. The smallest absolute Gasteiger partial charge is 0.141 e. The second-order valence-corrected chi connectivity index (χ2v) is 6.98. The van der Waals surface area contributed by atoms with Gasteiger partial charge >= 0.3 is 0 Å². The van der Waals surface area contributed by atoms with Crippen LogP contribution in [0.3, 0.4) is 0 Å². The van der Waals surface area contributed by atoms with E-state index in [1.165, 1.54) is 17.7 Å². The molecular weight excluding hydrogens is 353 g/mol. The first-order valence-electron chi connectivity index (χ1n) is 9.25. The normalized spacial score (nSPS) is 13.9. The van der Waals surface area contributed by atoms with Gasteiger partial charge in [0, 0.05) is 35.3 Å². The van der Waals surface area contributed by atoms with Crippen LogP contribution in [-0.4, -0.2) is 16.6 Å². The number of benzene rings is 2. The van der Waals surface area contributed by atoms with E-state index in [1.807, 2.05) is 38.1 Å². The third-order valence-corrected chi connectivity index (χ3v) is 4.70. The number of nitrogens with one attached hydrogen (secondary N) is 1. The molecule has 0 radical (unpaired) electrons. The number of aryl methyl sites for hydroxylation is 2. The molecule has 0 fully saturated rings. The largest absolute Gasteiger partial charge is 0.367 e. The van der Waals surface area contributed by atoms with E-state index in [9.17, 15) is 4.39 Å². The number of hydrogen-bond donors (Lipinski definition) is 1. The van der Waals surface area contributed by atoms with Gasteiger partial charge in [-0.25, -0.2) is 4.39 Å². The highest BCUT2D eigenvalue weighted by atomic mass is 19.1. The summed E-state index contributed by atoms with van der Waals surface area (Å²) in [5.74, 6) is 0.524. The molecule has 0 atom stereocenters. The molecule has 0 bridgehead atoms. The summed E-state index contributed by atoms with van der Waals surface area (Å²) in [6.07, 6.45) is 4.22. The maximum atomic E-state index is 13.6. The van der Waals surface area contributed by atoms with Gasteiger partial charge in [0.2, 0.25) is 0 Å². The first-order valence-corrected chi connectivity index (χ1v) is 9.25. The van der Waals surface area contributed by atoms with E-state index in [1.54, 1.807) is 6.07 Å². The van der Waals surface area contributed by atoms with Crippen molar-refractivity contribution in [1.29, 1.82) is 0 Å². The minimum Gasteiger partial charge on any atom is -0.367 e. The maximum absolute atomic E-state index is 13.6. The molecule has 1 aromatic heterocycles. The number of rotatable bonds is 5. The molecular formula is C23H22FN3O. The molecule has 4 rings (SSSR count). The molecule has 0 amide bonds. The van der Waals surface area contributed by atoms with Crippen molar-refractivity contribution in [2.75, 3.05) is 11.9 Å². The molecule has 4 nitrogen and oxygen atoms in total. The molecule has 2 heterocycles. The van der Waals surface area contributed by atoms with Crippen LogP contribution in [0, 0.1) is 19.7 Å². The Hall–Kier alpha value is -3.34. The van der Waals surface area contributed by atoms with E-state index in [2.05, 4.69) is 39.8 Å². The predicted molar refractivity (Wildman–Crippen MR) is 109 cm³/mol. The van der Waals surface area contributed by atoms with Gasteiger partial charge in [-0.1, -0.05) is 41.6 Å². The topological polar surface area (TPSA) is 41.3 Å². The van der Waals surface area contributed by atoms with Crippen LogP contribution in [0.5, 0.6) is 0 Å². The average molecular weight is 375 g/mol. The molecule has 28 heavy (non-hydrogen) atoms. The predicted octanol–water partition coefficient (Wildman–Crippen LogP) is 5.28. The van der Waals surface area contributed by atoms with Crippen molar-refractivity contribution in [2.24, 2.45) is 0 Å². The molecule has 1 aliphatic rings. The first-order chi connectivity index (χ1) is 13.6. The van der Waals surface area contributed by atoms with E-state index in [-0.39, 0.29) is 5.82 Å². The minimum absolute atomic E-state index is 0.260. The third kappa shape index (κ3) is 3.98. The summed E-state index contributed by atoms with van der Waals surface area (Å²) in [6, 6.07) is 16.8. The van der Waals surface area contributed by atoms with Gasteiger partial charge in [0.25, 0.3) is 0 Å². The van der Waals surface area contributed by atoms with E-state index < -0.39 is 0 Å². The van der Waals surface area contributed by atoms with Gasteiger partial charge in [0.1, 0.15) is 11.6 Å². The molecule has 5 heteroatoms. The Labute approximate surface area is 164 Å². The van der Waals surface area contributed by atoms with Crippen molar-refractivity contribution in [3.05, 3.63) is 101 Å². The van der Waals surface area contributed by atoms with Gasteiger partial charge in [-0.2, -0.15) is 0 Å². The summed E-state index contributed by atoms with van der Waals surface area (Å²) in [7, 11) is 0. The van der Waals surface area contributed by atoms with Crippen molar-refractivity contribution < 1.29 is 8.91 Å². The van der Waals surface area contributed by atoms with Crippen LogP contribution >= 0.6 is 0 Å². The lowest BCUT2D eigenvalue weighted by molar-refractivity contribution is 0.392. The van der Waals surface area contributed by atoms with E-state index >= 15 is 0 Å². The fourth-order valence-corrected chi connectivity index (χ4v) is 3.51. The zero-order chi connectivity index (χ0) is 19.5. The average Bonchev–Trinajstić information content (AvgIpc) is 3.01. The monoisotopic (exact) mass is 375 g/mol. The van der Waals surface area contributed by atoms with Crippen LogP contribution < -0.4 is 5.32 Å². The van der Waals surface area contributed by atoms with E-state index in [4.69, 9.17) is 4.52 Å². The Morgan fingerprint density at radius 3 is 2.64 bits per heavy atom. The highest BCUT2D eigenvalue weighted by Gasteiger charge is 2.19. The lowest BCUT2D eigenvalue weighted by Crippen LogP contribution is -2.26. The number of anilines is 1. The first kappa shape index (κ1) is 18.0. The van der Waals surface area contributed by atoms with Gasteiger partial charge in [-0.05, 0) is 43.7 Å². The van der Waals surface area contributed by atoms with Gasteiger partial charge in [0.05, 0.1) is 12.2 Å². The molecule has 0 spiro atoms. The summed E-state index contributed by atoms with van der Waals surface area (Å²) in [5.41, 5.74) is 5.81. The molecule has 0 saturated heterocycles. The molecule has 1 N–H and O–H groups in total. The Bertz CT molecular complexity index is 1020. The number of aromatic nitrogens is 1. The Morgan fingerprint density at radius 1 is 1.11 bits per heavy atom. The fraction of sp³-hybridized carbons (Fsp3) is 0.174. The molecule has 3 aromatic rings. The minimum atomic E-state index is -0.260. The lowest BCUT2D eigenvalue weighted by Gasteiger charge is -2.28. The Morgan fingerprint density at radius 2 is 1.93 bits per heavy atom. The summed E-state index contributed by atoms with van der Waals surface area (Å²) in [6.45, 7) is 5.32.